The number of hydrogen-bond acceptors (Lipinski definition) is 5. The summed E-state index contributed by atoms with van der Waals surface area (Å²) in [6, 6.07) is 2.53. The summed E-state index contributed by atoms with van der Waals surface area (Å²) in [6.45, 7) is 5.78. The van der Waals surface area contributed by atoms with E-state index in [1.807, 2.05) is 4.90 Å². The first-order valence-electron chi connectivity index (χ1n) is 12.2. The second-order valence-electron chi connectivity index (χ2n) is 9.55. The number of carbonyl (C=O) groups is 1. The van der Waals surface area contributed by atoms with Crippen LogP contribution in [0.4, 0.5) is 19.0 Å². The molecule has 6 nitrogen and oxygen atoms in total. The molecule has 3 heterocycles. The van der Waals surface area contributed by atoms with Crippen LogP contribution in [0.15, 0.2) is 12.1 Å². The van der Waals surface area contributed by atoms with E-state index in [4.69, 9.17) is 0 Å². The number of phenols is 2. The Morgan fingerprint density at radius 3 is 2.31 bits per heavy atom. The van der Waals surface area contributed by atoms with Crippen molar-refractivity contribution in [3.8, 4) is 11.5 Å². The minimum absolute atomic E-state index is 0.0281. The minimum atomic E-state index is -4.49. The van der Waals surface area contributed by atoms with Crippen molar-refractivity contribution in [2.24, 2.45) is 0 Å². The van der Waals surface area contributed by atoms with E-state index >= 15 is 0 Å². The minimum Gasteiger partial charge on any atom is -0.504 e. The molecule has 0 unspecified atom stereocenters. The molecule has 35 heavy (non-hydrogen) atoms. The monoisotopic (exact) mass is 491 g/mol. The second kappa shape index (κ2) is 9.95. The van der Waals surface area contributed by atoms with Crippen molar-refractivity contribution in [1.29, 1.82) is 0 Å². The number of anilines is 1. The van der Waals surface area contributed by atoms with Crippen LogP contribution >= 0.6 is 0 Å². The molecule has 1 fully saturated rings. The van der Waals surface area contributed by atoms with E-state index in [0.717, 1.165) is 42.0 Å². The van der Waals surface area contributed by atoms with Gasteiger partial charge in [-0.05, 0) is 86.3 Å². The van der Waals surface area contributed by atoms with Crippen LogP contribution in [0.3, 0.4) is 0 Å². The van der Waals surface area contributed by atoms with Gasteiger partial charge in [-0.15, -0.1) is 0 Å². The van der Waals surface area contributed by atoms with Crippen molar-refractivity contribution in [1.82, 2.24) is 9.88 Å². The fraction of sp³-hybridized carbons (Fsp3) is 0.538. The average molecular weight is 492 g/mol. The van der Waals surface area contributed by atoms with Crippen LogP contribution in [-0.2, 0) is 30.4 Å². The molecule has 2 N–H and O–H groups in total. The van der Waals surface area contributed by atoms with Crippen LogP contribution in [0, 0.1) is 13.8 Å². The quantitative estimate of drug-likeness (QED) is 0.574. The molecule has 0 bridgehead atoms. The summed E-state index contributed by atoms with van der Waals surface area (Å²) >= 11 is 0. The Morgan fingerprint density at radius 1 is 1.00 bits per heavy atom. The van der Waals surface area contributed by atoms with Gasteiger partial charge in [0.1, 0.15) is 11.5 Å². The third kappa shape index (κ3) is 5.18. The van der Waals surface area contributed by atoms with Crippen LogP contribution in [-0.4, -0.2) is 45.6 Å². The summed E-state index contributed by atoms with van der Waals surface area (Å²) in [5, 5.41) is 20.3. The number of halogens is 3. The first kappa shape index (κ1) is 25.1. The SMILES string of the molecule is Cc1c(O)c(O)c(C)c2c1CCN(C(=O)CCCc1ccc(C(F)(F)F)nc1N1CCCCC1)C2. The first-order chi connectivity index (χ1) is 16.6. The molecule has 1 aromatic heterocycles. The second-order valence-corrected chi connectivity index (χ2v) is 9.55. The van der Waals surface area contributed by atoms with Gasteiger partial charge >= 0.3 is 6.18 Å². The number of piperidine rings is 1. The summed E-state index contributed by atoms with van der Waals surface area (Å²) in [6.07, 6.45) is 0.285. The number of rotatable bonds is 5. The Labute approximate surface area is 203 Å². The number of carbonyl (C=O) groups excluding carboxylic acids is 1. The van der Waals surface area contributed by atoms with Crippen LogP contribution in [0.5, 0.6) is 11.5 Å². The highest BCUT2D eigenvalue weighted by atomic mass is 19.4. The van der Waals surface area contributed by atoms with E-state index in [-0.39, 0.29) is 23.8 Å². The number of aromatic nitrogens is 1. The lowest BCUT2D eigenvalue weighted by molar-refractivity contribution is -0.141. The zero-order chi connectivity index (χ0) is 25.3. The van der Waals surface area contributed by atoms with E-state index < -0.39 is 11.9 Å². The number of fused-ring (bicyclic) bond motifs is 1. The number of nitrogens with zero attached hydrogens (tertiary/aromatic N) is 3. The van der Waals surface area contributed by atoms with Gasteiger partial charge in [0, 0.05) is 32.6 Å². The Morgan fingerprint density at radius 2 is 1.66 bits per heavy atom. The van der Waals surface area contributed by atoms with E-state index in [2.05, 4.69) is 4.98 Å². The van der Waals surface area contributed by atoms with Crippen LogP contribution < -0.4 is 4.90 Å². The van der Waals surface area contributed by atoms with Crippen molar-refractivity contribution in [2.45, 2.75) is 71.5 Å². The molecule has 1 saturated heterocycles. The van der Waals surface area contributed by atoms with E-state index in [9.17, 15) is 28.2 Å². The largest absolute Gasteiger partial charge is 0.504 e. The third-order valence-electron chi connectivity index (χ3n) is 7.28. The van der Waals surface area contributed by atoms with Crippen molar-refractivity contribution in [3.63, 3.8) is 0 Å². The number of hydrogen-bond donors (Lipinski definition) is 2. The maximum absolute atomic E-state index is 13.3. The molecule has 0 aliphatic carbocycles. The molecule has 2 aliphatic rings. The maximum atomic E-state index is 13.3. The molecule has 9 heteroatoms. The zero-order valence-electron chi connectivity index (χ0n) is 20.2. The number of alkyl halides is 3. The van der Waals surface area contributed by atoms with Gasteiger partial charge in [-0.1, -0.05) is 6.07 Å². The normalized spacial score (nSPS) is 16.4. The van der Waals surface area contributed by atoms with Crippen LogP contribution in [0.25, 0.3) is 0 Å². The molecule has 0 radical (unpaired) electrons. The summed E-state index contributed by atoms with van der Waals surface area (Å²) in [5.41, 5.74) is 2.94. The van der Waals surface area contributed by atoms with Crippen molar-refractivity contribution in [2.75, 3.05) is 24.5 Å². The maximum Gasteiger partial charge on any atom is 0.433 e. The van der Waals surface area contributed by atoms with Gasteiger partial charge in [-0.25, -0.2) is 4.98 Å². The number of aromatic hydroxyl groups is 2. The number of amides is 1. The summed E-state index contributed by atoms with van der Waals surface area (Å²) in [4.78, 5) is 20.6. The van der Waals surface area contributed by atoms with Crippen molar-refractivity contribution >= 4 is 11.7 Å². The summed E-state index contributed by atoms with van der Waals surface area (Å²) in [7, 11) is 0. The Hall–Kier alpha value is -2.97. The molecular formula is C26H32F3N3O3. The van der Waals surface area contributed by atoms with Crippen molar-refractivity contribution in [3.05, 3.63) is 45.6 Å². The molecule has 1 aromatic carbocycles. The van der Waals surface area contributed by atoms with E-state index in [0.29, 0.717) is 62.4 Å². The molecule has 190 valence electrons. The molecule has 0 saturated carbocycles. The molecule has 0 spiro atoms. The fourth-order valence-electron chi connectivity index (χ4n) is 5.17. The number of benzene rings is 1. The average Bonchev–Trinajstić information content (AvgIpc) is 2.85. The Bertz CT molecular complexity index is 1110. The summed E-state index contributed by atoms with van der Waals surface area (Å²) in [5.74, 6) is 0.117. The standard InChI is InChI=1S/C26H32F3N3O3/c1-16-19-11-14-32(15-20(19)17(2)24(35)23(16)34)22(33)8-6-7-18-9-10-21(26(27,28)29)30-25(18)31-12-4-3-5-13-31/h9-10,34-35H,3-8,11-15H2,1-2H3. The smallest absolute Gasteiger partial charge is 0.433 e. The molecule has 4 rings (SSSR count). The summed E-state index contributed by atoms with van der Waals surface area (Å²) < 4.78 is 39.8. The molecule has 1 amide bonds. The van der Waals surface area contributed by atoms with Gasteiger partial charge in [0.05, 0.1) is 0 Å². The van der Waals surface area contributed by atoms with E-state index in [1.165, 1.54) is 6.07 Å². The highest BCUT2D eigenvalue weighted by Crippen LogP contribution is 2.40. The lowest BCUT2D eigenvalue weighted by atomic mass is 9.90. The van der Waals surface area contributed by atoms with Gasteiger partial charge < -0.3 is 20.0 Å². The lowest BCUT2D eigenvalue weighted by Crippen LogP contribution is -2.36. The predicted molar refractivity (Wildman–Crippen MR) is 127 cm³/mol. The van der Waals surface area contributed by atoms with Gasteiger partial charge in [0.2, 0.25) is 5.91 Å². The fourth-order valence-corrected chi connectivity index (χ4v) is 5.17. The van der Waals surface area contributed by atoms with Gasteiger partial charge in [0.25, 0.3) is 0 Å². The molecule has 2 aromatic rings. The Kier molecular flexibility index (Phi) is 7.15. The van der Waals surface area contributed by atoms with Gasteiger partial charge in [0.15, 0.2) is 11.5 Å². The van der Waals surface area contributed by atoms with Crippen molar-refractivity contribution < 1.29 is 28.2 Å². The number of phenolic OH excluding ortho intramolecular Hbond substituents is 2. The zero-order valence-corrected chi connectivity index (χ0v) is 20.2. The molecule has 0 atom stereocenters. The predicted octanol–water partition coefficient (Wildman–Crippen LogP) is 5.03. The molecular weight excluding hydrogens is 459 g/mol. The number of pyridine rings is 1. The highest BCUT2D eigenvalue weighted by molar-refractivity contribution is 5.77. The highest BCUT2D eigenvalue weighted by Gasteiger charge is 2.34. The topological polar surface area (TPSA) is 76.9 Å². The Balaban J connectivity index is 1.43. The molecule has 2 aliphatic heterocycles. The lowest BCUT2D eigenvalue weighted by Gasteiger charge is -2.32. The van der Waals surface area contributed by atoms with Gasteiger partial charge in [-0.3, -0.25) is 4.79 Å². The number of aryl methyl sites for hydroxylation is 1. The van der Waals surface area contributed by atoms with Crippen LogP contribution in [0.1, 0.15) is 65.6 Å². The van der Waals surface area contributed by atoms with Gasteiger partial charge in [-0.2, -0.15) is 13.2 Å². The third-order valence-corrected chi connectivity index (χ3v) is 7.28. The first-order valence-corrected chi connectivity index (χ1v) is 12.2. The van der Waals surface area contributed by atoms with E-state index in [1.54, 1.807) is 18.7 Å². The van der Waals surface area contributed by atoms with Crippen LogP contribution in [0.2, 0.25) is 0 Å².